The first-order valence-electron chi connectivity index (χ1n) is 7.71. The van der Waals surface area contributed by atoms with Crippen LogP contribution >= 0.6 is 11.3 Å². The molecule has 0 saturated carbocycles. The number of thiophene rings is 1. The van der Waals surface area contributed by atoms with Gasteiger partial charge in [0.1, 0.15) is 12.4 Å². The molecule has 3 atom stereocenters. The number of rotatable bonds is 4. The number of para-hydroxylation sites is 1. The molecule has 22 heavy (non-hydrogen) atoms. The normalized spacial score (nSPS) is 25.2. The average Bonchev–Trinajstić information content (AvgIpc) is 3.23. The van der Waals surface area contributed by atoms with Crippen LogP contribution in [0, 0.1) is 5.92 Å². The van der Waals surface area contributed by atoms with Gasteiger partial charge in [-0.2, -0.15) is 0 Å². The molecule has 112 valence electrons. The van der Waals surface area contributed by atoms with Crippen molar-refractivity contribution in [3.05, 3.63) is 71.0 Å². The summed E-state index contributed by atoms with van der Waals surface area (Å²) in [4.78, 5) is 1.41. The SMILES string of the molecule is C=CCOc1cccc2c1NC(c1cccs1)C1CC=CC21. The van der Waals surface area contributed by atoms with E-state index in [-0.39, 0.29) is 0 Å². The average molecular weight is 309 g/mol. The quantitative estimate of drug-likeness (QED) is 0.790. The molecule has 2 heterocycles. The zero-order valence-electron chi connectivity index (χ0n) is 12.4. The van der Waals surface area contributed by atoms with E-state index in [0.29, 0.717) is 24.5 Å². The first-order chi connectivity index (χ1) is 10.9. The van der Waals surface area contributed by atoms with Gasteiger partial charge in [-0.05, 0) is 35.4 Å². The van der Waals surface area contributed by atoms with Crippen LogP contribution in [0.3, 0.4) is 0 Å². The standard InChI is InChI=1S/C19H19NOS/c1-2-11-21-16-9-4-8-14-13-6-3-7-15(13)19(20-18(14)16)17-10-5-12-22-17/h2-6,8-10,12-13,15,19-20H,1,7,11H2. The van der Waals surface area contributed by atoms with Gasteiger partial charge in [0, 0.05) is 10.8 Å². The zero-order chi connectivity index (χ0) is 14.9. The Labute approximate surface area is 135 Å². The van der Waals surface area contributed by atoms with Crippen LogP contribution in [0.15, 0.2) is 60.5 Å². The fourth-order valence-electron chi connectivity index (χ4n) is 3.61. The molecule has 1 aromatic carbocycles. The Kier molecular flexibility index (Phi) is 3.51. The van der Waals surface area contributed by atoms with Crippen molar-refractivity contribution in [3.8, 4) is 5.75 Å². The van der Waals surface area contributed by atoms with E-state index in [1.807, 2.05) is 17.4 Å². The zero-order valence-corrected chi connectivity index (χ0v) is 13.2. The summed E-state index contributed by atoms with van der Waals surface area (Å²) >= 11 is 1.83. The van der Waals surface area contributed by atoms with Gasteiger partial charge in [0.05, 0.1) is 11.7 Å². The number of fused-ring (bicyclic) bond motifs is 3. The second-order valence-electron chi connectivity index (χ2n) is 5.81. The van der Waals surface area contributed by atoms with Crippen molar-refractivity contribution >= 4 is 17.0 Å². The molecule has 3 unspecified atom stereocenters. The lowest BCUT2D eigenvalue weighted by molar-refractivity contribution is 0.358. The lowest BCUT2D eigenvalue weighted by Gasteiger charge is -2.37. The summed E-state index contributed by atoms with van der Waals surface area (Å²) in [5.41, 5.74) is 2.50. The van der Waals surface area contributed by atoms with Crippen LogP contribution in [0.4, 0.5) is 5.69 Å². The van der Waals surface area contributed by atoms with Gasteiger partial charge in [0.15, 0.2) is 0 Å². The van der Waals surface area contributed by atoms with Crippen LogP contribution in [0.2, 0.25) is 0 Å². The molecule has 0 amide bonds. The monoisotopic (exact) mass is 309 g/mol. The second-order valence-corrected chi connectivity index (χ2v) is 6.79. The van der Waals surface area contributed by atoms with Crippen LogP contribution in [0.1, 0.15) is 28.8 Å². The summed E-state index contributed by atoms with van der Waals surface area (Å²) in [6.07, 6.45) is 7.61. The van der Waals surface area contributed by atoms with E-state index in [0.717, 1.165) is 17.9 Å². The van der Waals surface area contributed by atoms with E-state index in [2.05, 4.69) is 53.7 Å². The Bertz CT molecular complexity index is 704. The summed E-state index contributed by atoms with van der Waals surface area (Å²) in [5.74, 6) is 2.01. The molecule has 2 aromatic rings. The number of allylic oxidation sites excluding steroid dienone is 2. The van der Waals surface area contributed by atoms with Crippen LogP contribution in [-0.4, -0.2) is 6.61 Å². The summed E-state index contributed by atoms with van der Waals surface area (Å²) in [6, 6.07) is 11.1. The van der Waals surface area contributed by atoms with Crippen molar-refractivity contribution in [3.63, 3.8) is 0 Å². The molecule has 0 saturated heterocycles. The fourth-order valence-corrected chi connectivity index (χ4v) is 4.46. The van der Waals surface area contributed by atoms with E-state index < -0.39 is 0 Å². The van der Waals surface area contributed by atoms with Gasteiger partial charge in [0.25, 0.3) is 0 Å². The Hall–Kier alpha value is -2.00. The number of ether oxygens (including phenoxy) is 1. The molecule has 1 N–H and O–H groups in total. The molecule has 1 aliphatic heterocycles. The molecule has 1 aromatic heterocycles. The molecule has 0 bridgehead atoms. The van der Waals surface area contributed by atoms with E-state index in [4.69, 9.17) is 4.74 Å². The second kappa shape index (κ2) is 5.65. The third kappa shape index (κ3) is 2.17. The van der Waals surface area contributed by atoms with E-state index in [1.54, 1.807) is 6.08 Å². The minimum absolute atomic E-state index is 0.362. The Morgan fingerprint density at radius 2 is 2.27 bits per heavy atom. The Balaban J connectivity index is 1.77. The fraction of sp³-hybridized carbons (Fsp3) is 0.263. The highest BCUT2D eigenvalue weighted by Crippen LogP contribution is 2.52. The number of nitrogens with one attached hydrogen (secondary N) is 1. The van der Waals surface area contributed by atoms with Crippen molar-refractivity contribution < 1.29 is 4.74 Å². The molecule has 0 fully saturated rings. The van der Waals surface area contributed by atoms with Crippen LogP contribution < -0.4 is 10.1 Å². The predicted molar refractivity (Wildman–Crippen MR) is 92.8 cm³/mol. The summed E-state index contributed by atoms with van der Waals surface area (Å²) < 4.78 is 5.87. The summed E-state index contributed by atoms with van der Waals surface area (Å²) in [6.45, 7) is 4.28. The van der Waals surface area contributed by atoms with Crippen LogP contribution in [-0.2, 0) is 0 Å². The Morgan fingerprint density at radius 3 is 3.09 bits per heavy atom. The van der Waals surface area contributed by atoms with E-state index >= 15 is 0 Å². The molecule has 4 rings (SSSR count). The third-order valence-corrected chi connectivity index (χ3v) is 5.52. The van der Waals surface area contributed by atoms with Gasteiger partial charge in [-0.15, -0.1) is 11.3 Å². The lowest BCUT2D eigenvalue weighted by Crippen LogP contribution is -2.28. The summed E-state index contributed by atoms with van der Waals surface area (Å²) in [5, 5.41) is 5.92. The molecule has 2 aliphatic rings. The molecule has 0 spiro atoms. The van der Waals surface area contributed by atoms with Gasteiger partial charge < -0.3 is 10.1 Å². The van der Waals surface area contributed by atoms with E-state index in [1.165, 1.54) is 10.4 Å². The molecule has 0 radical (unpaired) electrons. The first-order valence-corrected chi connectivity index (χ1v) is 8.59. The van der Waals surface area contributed by atoms with E-state index in [9.17, 15) is 0 Å². The maximum atomic E-state index is 5.87. The molecule has 1 aliphatic carbocycles. The number of hydrogen-bond donors (Lipinski definition) is 1. The van der Waals surface area contributed by atoms with Crippen molar-refractivity contribution in [1.29, 1.82) is 0 Å². The molecule has 2 nitrogen and oxygen atoms in total. The lowest BCUT2D eigenvalue weighted by atomic mass is 9.79. The number of hydrogen-bond acceptors (Lipinski definition) is 3. The predicted octanol–water partition coefficient (Wildman–Crippen LogP) is 5.14. The van der Waals surface area contributed by atoms with Crippen LogP contribution in [0.5, 0.6) is 5.75 Å². The molecular weight excluding hydrogens is 290 g/mol. The van der Waals surface area contributed by atoms with Gasteiger partial charge in [-0.3, -0.25) is 0 Å². The van der Waals surface area contributed by atoms with Crippen molar-refractivity contribution in [2.75, 3.05) is 11.9 Å². The largest absolute Gasteiger partial charge is 0.487 e. The van der Waals surface area contributed by atoms with Crippen molar-refractivity contribution in [2.24, 2.45) is 5.92 Å². The summed E-state index contributed by atoms with van der Waals surface area (Å²) in [7, 11) is 0. The molecular formula is C19H19NOS. The minimum Gasteiger partial charge on any atom is -0.487 e. The van der Waals surface area contributed by atoms with Gasteiger partial charge in [0.2, 0.25) is 0 Å². The van der Waals surface area contributed by atoms with Gasteiger partial charge in [-0.1, -0.05) is 43.0 Å². The van der Waals surface area contributed by atoms with Crippen molar-refractivity contribution in [2.45, 2.75) is 18.4 Å². The highest BCUT2D eigenvalue weighted by molar-refractivity contribution is 7.10. The number of anilines is 1. The minimum atomic E-state index is 0.362. The van der Waals surface area contributed by atoms with Crippen molar-refractivity contribution in [1.82, 2.24) is 0 Å². The number of benzene rings is 1. The molecule has 3 heteroatoms. The smallest absolute Gasteiger partial charge is 0.143 e. The Morgan fingerprint density at radius 1 is 1.32 bits per heavy atom. The highest BCUT2D eigenvalue weighted by atomic mass is 32.1. The van der Waals surface area contributed by atoms with Crippen LogP contribution in [0.25, 0.3) is 0 Å². The maximum Gasteiger partial charge on any atom is 0.143 e. The topological polar surface area (TPSA) is 21.3 Å². The first kappa shape index (κ1) is 13.6. The maximum absolute atomic E-state index is 5.87. The third-order valence-electron chi connectivity index (χ3n) is 4.56. The van der Waals surface area contributed by atoms with Gasteiger partial charge in [-0.25, -0.2) is 0 Å². The van der Waals surface area contributed by atoms with Gasteiger partial charge >= 0.3 is 0 Å². The highest BCUT2D eigenvalue weighted by Gasteiger charge is 2.39.